The fraction of sp³-hybridized carbons (Fsp3) is 0.214. The van der Waals surface area contributed by atoms with Crippen LogP contribution >= 0.6 is 0 Å². The standard InChI is InChI=1S/C14H15N5O2/c1-2-5-15-14-18-13(8-17-19-14)16-7-10-3-4-11-12(6-10)21-9-20-11/h2-4,6,8H,1,5,7,9H2,(H2,15,16,18,19). The summed E-state index contributed by atoms with van der Waals surface area (Å²) in [5, 5.41) is 14.0. The molecule has 0 radical (unpaired) electrons. The van der Waals surface area contributed by atoms with Gasteiger partial charge in [0.15, 0.2) is 17.3 Å². The molecule has 0 bridgehead atoms. The maximum absolute atomic E-state index is 5.35. The van der Waals surface area contributed by atoms with Crippen molar-refractivity contribution in [2.24, 2.45) is 0 Å². The van der Waals surface area contributed by atoms with Crippen LogP contribution in [0.2, 0.25) is 0 Å². The van der Waals surface area contributed by atoms with Gasteiger partial charge in [0.2, 0.25) is 12.7 Å². The van der Waals surface area contributed by atoms with Crippen molar-refractivity contribution in [2.45, 2.75) is 6.54 Å². The number of nitrogens with one attached hydrogen (secondary N) is 2. The maximum Gasteiger partial charge on any atom is 0.244 e. The molecule has 0 spiro atoms. The van der Waals surface area contributed by atoms with Gasteiger partial charge in [-0.05, 0) is 17.7 Å². The van der Waals surface area contributed by atoms with E-state index in [4.69, 9.17) is 9.47 Å². The van der Waals surface area contributed by atoms with E-state index in [0.29, 0.717) is 24.9 Å². The summed E-state index contributed by atoms with van der Waals surface area (Å²) in [4.78, 5) is 4.30. The number of anilines is 2. The first kappa shape index (κ1) is 13.2. The van der Waals surface area contributed by atoms with Crippen LogP contribution in [0.3, 0.4) is 0 Å². The lowest BCUT2D eigenvalue weighted by molar-refractivity contribution is 0.174. The average molecular weight is 285 g/mol. The largest absolute Gasteiger partial charge is 0.454 e. The van der Waals surface area contributed by atoms with Gasteiger partial charge in [0, 0.05) is 13.1 Å². The molecule has 0 fully saturated rings. The van der Waals surface area contributed by atoms with Crippen LogP contribution in [0, 0.1) is 0 Å². The van der Waals surface area contributed by atoms with Gasteiger partial charge in [-0.15, -0.1) is 11.7 Å². The lowest BCUT2D eigenvalue weighted by Crippen LogP contribution is -2.07. The Morgan fingerprint density at radius 3 is 3.05 bits per heavy atom. The van der Waals surface area contributed by atoms with E-state index >= 15 is 0 Å². The SMILES string of the molecule is C=CCNc1nncc(NCc2ccc3c(c2)OCO3)n1. The Kier molecular flexibility index (Phi) is 3.81. The minimum absolute atomic E-state index is 0.278. The highest BCUT2D eigenvalue weighted by Gasteiger charge is 2.13. The average Bonchev–Trinajstić information content (AvgIpc) is 2.99. The van der Waals surface area contributed by atoms with Gasteiger partial charge in [0.05, 0.1) is 6.20 Å². The molecule has 1 aliphatic rings. The van der Waals surface area contributed by atoms with Crippen molar-refractivity contribution in [3.8, 4) is 11.5 Å². The second kappa shape index (κ2) is 6.08. The lowest BCUT2D eigenvalue weighted by Gasteiger charge is -2.07. The van der Waals surface area contributed by atoms with Crippen molar-refractivity contribution >= 4 is 11.8 Å². The summed E-state index contributed by atoms with van der Waals surface area (Å²) < 4.78 is 10.6. The minimum Gasteiger partial charge on any atom is -0.454 e. The molecule has 7 nitrogen and oxygen atoms in total. The third-order valence-corrected chi connectivity index (χ3v) is 2.87. The van der Waals surface area contributed by atoms with E-state index in [9.17, 15) is 0 Å². The molecule has 21 heavy (non-hydrogen) atoms. The van der Waals surface area contributed by atoms with Crippen LogP contribution in [0.4, 0.5) is 11.8 Å². The maximum atomic E-state index is 5.35. The highest BCUT2D eigenvalue weighted by Crippen LogP contribution is 2.32. The third kappa shape index (κ3) is 3.19. The second-order valence-corrected chi connectivity index (χ2v) is 4.38. The monoisotopic (exact) mass is 285 g/mol. The van der Waals surface area contributed by atoms with Crippen LogP contribution in [0.5, 0.6) is 11.5 Å². The first-order chi connectivity index (χ1) is 10.3. The smallest absolute Gasteiger partial charge is 0.244 e. The van der Waals surface area contributed by atoms with E-state index < -0.39 is 0 Å². The number of hydrogen-bond acceptors (Lipinski definition) is 7. The summed E-state index contributed by atoms with van der Waals surface area (Å²) in [5.41, 5.74) is 1.07. The first-order valence-corrected chi connectivity index (χ1v) is 6.52. The van der Waals surface area contributed by atoms with Gasteiger partial charge in [-0.1, -0.05) is 12.1 Å². The zero-order valence-electron chi connectivity index (χ0n) is 11.4. The Bertz CT molecular complexity index is 647. The molecule has 2 aromatic rings. The van der Waals surface area contributed by atoms with E-state index in [1.807, 2.05) is 18.2 Å². The van der Waals surface area contributed by atoms with Crippen molar-refractivity contribution in [3.63, 3.8) is 0 Å². The van der Waals surface area contributed by atoms with Gasteiger partial charge in [0.25, 0.3) is 0 Å². The van der Waals surface area contributed by atoms with Crippen LogP contribution in [-0.4, -0.2) is 28.5 Å². The summed E-state index contributed by atoms with van der Waals surface area (Å²) in [7, 11) is 0. The zero-order valence-corrected chi connectivity index (χ0v) is 11.4. The Hall–Kier alpha value is -2.83. The van der Waals surface area contributed by atoms with Crippen molar-refractivity contribution in [1.82, 2.24) is 15.2 Å². The molecule has 3 rings (SSSR count). The van der Waals surface area contributed by atoms with Crippen LogP contribution in [0.25, 0.3) is 0 Å². The molecule has 7 heteroatoms. The highest BCUT2D eigenvalue weighted by atomic mass is 16.7. The van der Waals surface area contributed by atoms with Gasteiger partial charge in [-0.2, -0.15) is 10.1 Å². The first-order valence-electron chi connectivity index (χ1n) is 6.52. The van der Waals surface area contributed by atoms with E-state index in [-0.39, 0.29) is 6.79 Å². The fourth-order valence-corrected chi connectivity index (χ4v) is 1.87. The zero-order chi connectivity index (χ0) is 14.5. The molecular formula is C14H15N5O2. The van der Waals surface area contributed by atoms with Crippen molar-refractivity contribution in [1.29, 1.82) is 0 Å². The number of aromatic nitrogens is 3. The van der Waals surface area contributed by atoms with E-state index in [1.54, 1.807) is 12.3 Å². The Balaban J connectivity index is 1.63. The number of nitrogens with zero attached hydrogens (tertiary/aromatic N) is 3. The molecule has 2 heterocycles. The minimum atomic E-state index is 0.278. The third-order valence-electron chi connectivity index (χ3n) is 2.87. The second-order valence-electron chi connectivity index (χ2n) is 4.38. The summed E-state index contributed by atoms with van der Waals surface area (Å²) in [6, 6.07) is 5.82. The highest BCUT2D eigenvalue weighted by molar-refractivity contribution is 5.46. The van der Waals surface area contributed by atoms with Crippen LogP contribution in [0.1, 0.15) is 5.56 Å². The molecule has 0 amide bonds. The molecule has 2 N–H and O–H groups in total. The number of ether oxygens (including phenoxy) is 2. The normalized spacial score (nSPS) is 12.0. The predicted molar refractivity (Wildman–Crippen MR) is 78.4 cm³/mol. The topological polar surface area (TPSA) is 81.2 Å². The molecule has 108 valence electrons. The number of benzene rings is 1. The summed E-state index contributed by atoms with van der Waals surface area (Å²) in [6.07, 6.45) is 3.31. The molecule has 0 unspecified atom stereocenters. The summed E-state index contributed by atoms with van der Waals surface area (Å²) in [5.74, 6) is 2.65. The molecule has 0 saturated heterocycles. The molecule has 0 aliphatic carbocycles. The van der Waals surface area contributed by atoms with Gasteiger partial charge < -0.3 is 20.1 Å². The van der Waals surface area contributed by atoms with E-state index in [0.717, 1.165) is 17.1 Å². The Labute approximate surface area is 122 Å². The molecule has 1 aliphatic heterocycles. The van der Waals surface area contributed by atoms with Crippen LogP contribution in [-0.2, 0) is 6.54 Å². The van der Waals surface area contributed by atoms with Crippen molar-refractivity contribution in [2.75, 3.05) is 24.0 Å². The molecule has 1 aromatic heterocycles. The van der Waals surface area contributed by atoms with Crippen molar-refractivity contribution < 1.29 is 9.47 Å². The molecule has 0 saturated carbocycles. The van der Waals surface area contributed by atoms with Crippen molar-refractivity contribution in [3.05, 3.63) is 42.6 Å². The molecule has 1 aromatic carbocycles. The summed E-state index contributed by atoms with van der Waals surface area (Å²) in [6.45, 7) is 5.10. The Morgan fingerprint density at radius 2 is 2.14 bits per heavy atom. The summed E-state index contributed by atoms with van der Waals surface area (Å²) >= 11 is 0. The number of fused-ring (bicyclic) bond motifs is 1. The van der Waals surface area contributed by atoms with Gasteiger partial charge in [-0.25, -0.2) is 0 Å². The fourth-order valence-electron chi connectivity index (χ4n) is 1.87. The predicted octanol–water partition coefficient (Wildman–Crippen LogP) is 1.81. The van der Waals surface area contributed by atoms with E-state index in [2.05, 4.69) is 32.4 Å². The van der Waals surface area contributed by atoms with Gasteiger partial charge in [0.1, 0.15) is 0 Å². The van der Waals surface area contributed by atoms with Gasteiger partial charge >= 0.3 is 0 Å². The molecule has 0 atom stereocenters. The lowest BCUT2D eigenvalue weighted by atomic mass is 10.2. The number of hydrogen-bond donors (Lipinski definition) is 2. The van der Waals surface area contributed by atoms with E-state index in [1.165, 1.54) is 0 Å². The quantitative estimate of drug-likeness (QED) is 0.783. The number of rotatable bonds is 6. The van der Waals surface area contributed by atoms with Gasteiger partial charge in [-0.3, -0.25) is 0 Å². The van der Waals surface area contributed by atoms with Crippen LogP contribution in [0.15, 0.2) is 37.1 Å². The van der Waals surface area contributed by atoms with Crippen LogP contribution < -0.4 is 20.1 Å². The molecular weight excluding hydrogens is 270 g/mol. The Morgan fingerprint density at radius 1 is 1.24 bits per heavy atom.